The van der Waals surface area contributed by atoms with Crippen LogP contribution in [0.3, 0.4) is 0 Å². The van der Waals surface area contributed by atoms with Crippen molar-refractivity contribution in [2.75, 3.05) is 6.61 Å². The van der Waals surface area contributed by atoms with E-state index in [0.29, 0.717) is 12.8 Å². The maximum absolute atomic E-state index is 15.7. The normalized spacial score (nSPS) is 36.4. The minimum absolute atomic E-state index is 0.0220. The van der Waals surface area contributed by atoms with E-state index >= 15 is 4.79 Å². The number of rotatable bonds is 10. The molecule has 12 atom stereocenters. The lowest BCUT2D eigenvalue weighted by atomic mass is 9.44. The number of carbonyl (C=O) groups is 6. The van der Waals surface area contributed by atoms with Gasteiger partial charge in [-0.25, -0.2) is 14.4 Å². The van der Waals surface area contributed by atoms with Gasteiger partial charge in [0.15, 0.2) is 23.6 Å². The van der Waals surface area contributed by atoms with E-state index in [1.165, 1.54) is 26.0 Å². The Morgan fingerprint density at radius 2 is 1.60 bits per heavy atom. The third-order valence-corrected chi connectivity index (χ3v) is 14.0. The Hall–Kier alpha value is -4.42. The molecule has 2 bridgehead atoms. The molecule has 3 saturated carbocycles. The fourth-order valence-corrected chi connectivity index (χ4v) is 10.3. The van der Waals surface area contributed by atoms with E-state index in [1.54, 1.807) is 66.7 Å². The van der Waals surface area contributed by atoms with Crippen LogP contribution in [-0.2, 0) is 52.3 Å². The molecule has 1 unspecified atom stereocenters. The standard InChI is InChI=1S/C45H59NO16/c1-21-25(57-38(53)30(49)29(34-42(8,9)61-34)46-39(54)62-40(3,4)5)19-45(55)35(59-37(52)23-14-12-11-13-15-23)32-43(10,26(48)18-27-44(32,20-56-27)60-22(2)47)33(50)31(28(21)41(45,6)7)58-36(51)24-16-17-24/h11-15,24-27,29-32,34-35,48-49,55H,16-20H2,1-10H3,(H,46,54)/t25-,26-,27+,29+,30+,31+,32?,34+,35-,43+,44-,45+/m0/s1. The number of aliphatic hydroxyl groups is 3. The Bertz CT molecular complexity index is 2050. The number of aliphatic hydroxyl groups excluding tert-OH is 2. The number of amides is 1. The number of alkyl carbamates (subject to hydrolysis) is 1. The summed E-state index contributed by atoms with van der Waals surface area (Å²) in [4.78, 5) is 83.9. The Kier molecular flexibility index (Phi) is 11.3. The Labute approximate surface area is 360 Å². The number of Topliss-reactive ketones (excluding diaryl/α,β-unsaturated/α-hetero) is 1. The molecule has 1 aromatic carbocycles. The van der Waals surface area contributed by atoms with Gasteiger partial charge in [0.2, 0.25) is 0 Å². The minimum atomic E-state index is -2.39. The van der Waals surface area contributed by atoms with Crippen molar-refractivity contribution < 1.29 is 77.2 Å². The molecule has 2 aliphatic heterocycles. The van der Waals surface area contributed by atoms with Gasteiger partial charge < -0.3 is 53.8 Å². The van der Waals surface area contributed by atoms with Crippen molar-refractivity contribution in [1.82, 2.24) is 5.32 Å². The van der Waals surface area contributed by atoms with E-state index in [4.69, 9.17) is 33.2 Å². The van der Waals surface area contributed by atoms with Gasteiger partial charge in [-0.3, -0.25) is 14.4 Å². The maximum atomic E-state index is 15.7. The quantitative estimate of drug-likeness (QED) is 0.114. The molecule has 17 heteroatoms. The highest BCUT2D eigenvalue weighted by Gasteiger charge is 2.78. The van der Waals surface area contributed by atoms with Crippen LogP contribution in [0, 0.1) is 22.7 Å². The zero-order valence-electron chi connectivity index (χ0n) is 36.8. The second-order valence-corrected chi connectivity index (χ2v) is 20.0. The van der Waals surface area contributed by atoms with Crippen molar-refractivity contribution >= 4 is 35.8 Å². The molecule has 2 saturated heterocycles. The lowest BCUT2D eigenvalue weighted by molar-refractivity contribution is -0.346. The summed E-state index contributed by atoms with van der Waals surface area (Å²) in [5.41, 5.74) is -9.37. The van der Waals surface area contributed by atoms with Gasteiger partial charge in [-0.1, -0.05) is 32.0 Å². The average molecular weight is 870 g/mol. The zero-order valence-corrected chi connectivity index (χ0v) is 36.8. The fraction of sp³-hybridized carbons (Fsp3) is 0.689. The third-order valence-electron chi connectivity index (χ3n) is 14.0. The molecule has 0 radical (unpaired) electrons. The number of fused-ring (bicyclic) bond motifs is 5. The molecule has 1 amide bonds. The van der Waals surface area contributed by atoms with Crippen molar-refractivity contribution in [1.29, 1.82) is 0 Å². The molecular formula is C45H59NO16. The molecule has 0 spiro atoms. The Morgan fingerprint density at radius 3 is 2.13 bits per heavy atom. The lowest BCUT2D eigenvalue weighted by Crippen LogP contribution is -2.82. The number of ketones is 1. The molecule has 6 aliphatic rings. The number of benzene rings is 1. The summed E-state index contributed by atoms with van der Waals surface area (Å²) in [6, 6.07) is 6.49. The maximum Gasteiger partial charge on any atom is 0.408 e. The molecule has 62 heavy (non-hydrogen) atoms. The molecule has 5 fully saturated rings. The average Bonchev–Trinajstić information content (AvgIpc) is 4.11. The Morgan fingerprint density at radius 1 is 0.968 bits per heavy atom. The van der Waals surface area contributed by atoms with E-state index in [0.717, 1.165) is 6.92 Å². The van der Waals surface area contributed by atoms with Gasteiger partial charge in [-0.05, 0) is 84.6 Å². The van der Waals surface area contributed by atoms with Crippen LogP contribution in [0.25, 0.3) is 0 Å². The van der Waals surface area contributed by atoms with Crippen LogP contribution in [-0.4, -0.2) is 129 Å². The number of hydrogen-bond acceptors (Lipinski definition) is 16. The third kappa shape index (κ3) is 7.60. The predicted molar refractivity (Wildman–Crippen MR) is 214 cm³/mol. The molecule has 4 aliphatic carbocycles. The van der Waals surface area contributed by atoms with E-state index in [1.807, 2.05) is 0 Å². The van der Waals surface area contributed by atoms with Crippen LogP contribution in [0.2, 0.25) is 0 Å². The molecular weight excluding hydrogens is 810 g/mol. The van der Waals surface area contributed by atoms with Crippen LogP contribution in [0.4, 0.5) is 4.79 Å². The topological polar surface area (TPSA) is 243 Å². The highest BCUT2D eigenvalue weighted by molar-refractivity contribution is 5.96. The van der Waals surface area contributed by atoms with Gasteiger partial charge in [-0.15, -0.1) is 0 Å². The lowest BCUT2D eigenvalue weighted by Gasteiger charge is -2.67. The van der Waals surface area contributed by atoms with Crippen molar-refractivity contribution in [3.63, 3.8) is 0 Å². The fourth-order valence-electron chi connectivity index (χ4n) is 10.3. The molecule has 7 rings (SSSR count). The first-order valence-corrected chi connectivity index (χ1v) is 21.2. The summed E-state index contributed by atoms with van der Waals surface area (Å²) in [7, 11) is 0. The number of carbonyl (C=O) groups excluding carboxylic acids is 6. The van der Waals surface area contributed by atoms with Crippen molar-refractivity contribution in [3.8, 4) is 0 Å². The van der Waals surface area contributed by atoms with Crippen molar-refractivity contribution in [3.05, 3.63) is 47.0 Å². The number of nitrogens with one attached hydrogen (secondary N) is 1. The molecule has 340 valence electrons. The summed E-state index contributed by atoms with van der Waals surface area (Å²) in [5, 5.41) is 40.1. The number of esters is 4. The summed E-state index contributed by atoms with van der Waals surface area (Å²) in [6.45, 7) is 15.3. The van der Waals surface area contributed by atoms with Gasteiger partial charge in [0, 0.05) is 25.2 Å². The van der Waals surface area contributed by atoms with E-state index in [-0.39, 0.29) is 29.7 Å². The van der Waals surface area contributed by atoms with Crippen LogP contribution >= 0.6 is 0 Å². The summed E-state index contributed by atoms with van der Waals surface area (Å²) >= 11 is 0. The second-order valence-electron chi connectivity index (χ2n) is 20.0. The van der Waals surface area contributed by atoms with Crippen molar-refractivity contribution in [2.24, 2.45) is 22.7 Å². The molecule has 1 aromatic rings. The van der Waals surface area contributed by atoms with Crippen LogP contribution in [0.5, 0.6) is 0 Å². The molecule has 4 N–H and O–H groups in total. The number of hydrogen-bond donors (Lipinski definition) is 4. The summed E-state index contributed by atoms with van der Waals surface area (Å²) in [6.07, 6.45) is -11.3. The minimum Gasteiger partial charge on any atom is -0.456 e. The highest BCUT2D eigenvalue weighted by atomic mass is 16.6. The van der Waals surface area contributed by atoms with Gasteiger partial charge in [0.05, 0.1) is 47.2 Å². The van der Waals surface area contributed by atoms with Crippen LogP contribution in [0.15, 0.2) is 41.5 Å². The van der Waals surface area contributed by atoms with E-state index < -0.39 is 136 Å². The first-order chi connectivity index (χ1) is 28.7. The highest BCUT2D eigenvalue weighted by Crippen LogP contribution is 2.64. The Balaban J connectivity index is 1.39. The first kappa shape index (κ1) is 45.6. The monoisotopic (exact) mass is 869 g/mol. The van der Waals surface area contributed by atoms with Gasteiger partial charge >= 0.3 is 30.0 Å². The summed E-state index contributed by atoms with van der Waals surface area (Å²) < 4.78 is 41.8. The van der Waals surface area contributed by atoms with Gasteiger partial charge in [0.1, 0.15) is 35.6 Å². The number of ether oxygens (including phenoxy) is 7. The first-order valence-electron chi connectivity index (χ1n) is 21.2. The van der Waals surface area contributed by atoms with Gasteiger partial charge in [-0.2, -0.15) is 0 Å². The smallest absolute Gasteiger partial charge is 0.408 e. The summed E-state index contributed by atoms with van der Waals surface area (Å²) in [5.74, 6) is -6.54. The van der Waals surface area contributed by atoms with Crippen LogP contribution < -0.4 is 5.32 Å². The largest absolute Gasteiger partial charge is 0.456 e. The molecule has 0 aromatic heterocycles. The van der Waals surface area contributed by atoms with E-state index in [2.05, 4.69) is 5.32 Å². The van der Waals surface area contributed by atoms with E-state index in [9.17, 15) is 39.3 Å². The van der Waals surface area contributed by atoms with Crippen molar-refractivity contribution in [2.45, 2.75) is 166 Å². The SMILES string of the molecule is CC(=O)O[C@@]12CO[C@@H]1C[C@H](O)[C@@]1(C)C(=O)[C@H](OC(=O)C3CC3)C3=C(C)[C@@H](OC(=O)[C@H](O)[C@@H](NC(=O)OC(C)(C)C)[C@H]4OC4(C)C)C[C@@](O)([C@@H](OC(=O)c4ccccc4)C12)C3(C)C. The molecule has 2 heterocycles. The zero-order chi connectivity index (χ0) is 45.7. The predicted octanol–water partition coefficient (Wildman–Crippen LogP) is 3.03. The second kappa shape index (κ2) is 15.4. The van der Waals surface area contributed by atoms with Gasteiger partial charge in [0.25, 0.3) is 0 Å². The number of epoxide rings is 1. The molecule has 17 nitrogen and oxygen atoms in total. The van der Waals surface area contributed by atoms with Crippen LogP contribution in [0.1, 0.15) is 105 Å².